The van der Waals surface area contributed by atoms with Crippen LogP contribution in [-0.4, -0.2) is 18.5 Å². The van der Waals surface area contributed by atoms with Crippen LogP contribution in [-0.2, 0) is 11.3 Å². The quantitative estimate of drug-likeness (QED) is 0.842. The van der Waals surface area contributed by atoms with Gasteiger partial charge in [-0.15, -0.1) is 0 Å². The van der Waals surface area contributed by atoms with E-state index >= 15 is 0 Å². The summed E-state index contributed by atoms with van der Waals surface area (Å²) in [5, 5.41) is 5.94. The van der Waals surface area contributed by atoms with Gasteiger partial charge in [-0.1, -0.05) is 29.8 Å². The van der Waals surface area contributed by atoms with E-state index in [1.165, 1.54) is 12.1 Å². The van der Waals surface area contributed by atoms with Crippen molar-refractivity contribution in [3.63, 3.8) is 0 Å². The summed E-state index contributed by atoms with van der Waals surface area (Å²) in [7, 11) is 0. The third kappa shape index (κ3) is 5.70. The molecule has 5 heteroatoms. The van der Waals surface area contributed by atoms with Crippen molar-refractivity contribution in [3.05, 3.63) is 34.1 Å². The maximum absolute atomic E-state index is 13.1. The SMILES string of the molecule is CC(C)CNC(=O)C(C)NCc1cc(F)ccc1Br. The molecule has 1 amide bonds. The summed E-state index contributed by atoms with van der Waals surface area (Å²) in [5.41, 5.74) is 0.795. The molecule has 0 radical (unpaired) electrons. The first kappa shape index (κ1) is 16.1. The highest BCUT2D eigenvalue weighted by molar-refractivity contribution is 9.10. The van der Waals surface area contributed by atoms with E-state index in [1.54, 1.807) is 13.0 Å². The Labute approximate surface area is 122 Å². The van der Waals surface area contributed by atoms with Crippen molar-refractivity contribution in [2.24, 2.45) is 5.92 Å². The Bertz CT molecular complexity index is 437. The van der Waals surface area contributed by atoms with Gasteiger partial charge in [0.2, 0.25) is 5.91 Å². The van der Waals surface area contributed by atoms with Crippen molar-refractivity contribution in [3.8, 4) is 0 Å². The molecule has 0 aliphatic carbocycles. The van der Waals surface area contributed by atoms with Crippen molar-refractivity contribution >= 4 is 21.8 Å². The molecule has 3 nitrogen and oxygen atoms in total. The fourth-order valence-corrected chi connectivity index (χ4v) is 1.88. The van der Waals surface area contributed by atoms with E-state index in [2.05, 4.69) is 26.6 Å². The molecule has 0 spiro atoms. The predicted octanol–water partition coefficient (Wildman–Crippen LogP) is 2.84. The number of rotatable bonds is 6. The molecule has 1 unspecified atom stereocenters. The molecule has 0 aliphatic rings. The number of hydrogen-bond donors (Lipinski definition) is 2. The largest absolute Gasteiger partial charge is 0.354 e. The van der Waals surface area contributed by atoms with Crippen LogP contribution in [0, 0.1) is 11.7 Å². The van der Waals surface area contributed by atoms with E-state index in [9.17, 15) is 9.18 Å². The van der Waals surface area contributed by atoms with Gasteiger partial charge < -0.3 is 10.6 Å². The molecule has 1 aromatic carbocycles. The van der Waals surface area contributed by atoms with Crippen molar-refractivity contribution < 1.29 is 9.18 Å². The van der Waals surface area contributed by atoms with E-state index in [0.29, 0.717) is 19.0 Å². The Kier molecular flexibility index (Phi) is 6.45. The Morgan fingerprint density at radius 2 is 2.05 bits per heavy atom. The van der Waals surface area contributed by atoms with Crippen molar-refractivity contribution in [2.75, 3.05) is 6.54 Å². The second kappa shape index (κ2) is 7.60. The fraction of sp³-hybridized carbons (Fsp3) is 0.500. The van der Waals surface area contributed by atoms with Gasteiger partial charge in [0.05, 0.1) is 6.04 Å². The average molecular weight is 331 g/mol. The maximum Gasteiger partial charge on any atom is 0.236 e. The van der Waals surface area contributed by atoms with Crippen LogP contribution >= 0.6 is 15.9 Å². The lowest BCUT2D eigenvalue weighted by atomic mass is 10.2. The second-order valence-corrected chi connectivity index (χ2v) is 5.83. The number of nitrogens with one attached hydrogen (secondary N) is 2. The first-order chi connectivity index (χ1) is 8.90. The monoisotopic (exact) mass is 330 g/mol. The van der Waals surface area contributed by atoms with Gasteiger partial charge >= 0.3 is 0 Å². The number of carbonyl (C=O) groups is 1. The van der Waals surface area contributed by atoms with Gasteiger partial charge in [0, 0.05) is 17.6 Å². The molecule has 1 rings (SSSR count). The third-order valence-electron chi connectivity index (χ3n) is 2.68. The summed E-state index contributed by atoms with van der Waals surface area (Å²) in [6, 6.07) is 4.20. The van der Waals surface area contributed by atoms with Gasteiger partial charge in [-0.05, 0) is 36.6 Å². The first-order valence-corrected chi connectivity index (χ1v) is 7.14. The van der Waals surface area contributed by atoms with Crippen LogP contribution in [0.25, 0.3) is 0 Å². The minimum atomic E-state index is -0.311. The van der Waals surface area contributed by atoms with Crippen LogP contribution in [0.4, 0.5) is 4.39 Å². The summed E-state index contributed by atoms with van der Waals surface area (Å²) < 4.78 is 13.9. The standard InChI is InChI=1S/C14H20BrFN2O/c1-9(2)7-18-14(19)10(3)17-8-11-6-12(16)4-5-13(11)15/h4-6,9-10,17H,7-8H2,1-3H3,(H,18,19). The molecule has 106 valence electrons. The van der Waals surface area contributed by atoms with Gasteiger partial charge in [-0.3, -0.25) is 4.79 Å². The molecule has 0 saturated heterocycles. The minimum absolute atomic E-state index is 0.0405. The maximum atomic E-state index is 13.1. The zero-order valence-corrected chi connectivity index (χ0v) is 13.1. The van der Waals surface area contributed by atoms with Gasteiger partial charge in [-0.2, -0.15) is 0 Å². The summed E-state index contributed by atoms with van der Waals surface area (Å²) >= 11 is 3.36. The van der Waals surface area contributed by atoms with Crippen molar-refractivity contribution in [2.45, 2.75) is 33.4 Å². The molecular formula is C14H20BrFN2O. The van der Waals surface area contributed by atoms with E-state index in [4.69, 9.17) is 0 Å². The molecule has 19 heavy (non-hydrogen) atoms. The van der Waals surface area contributed by atoms with Gasteiger partial charge in [0.25, 0.3) is 0 Å². The molecule has 0 aliphatic heterocycles. The Morgan fingerprint density at radius 3 is 2.68 bits per heavy atom. The Hall–Kier alpha value is -0.940. The summed E-state index contributed by atoms with van der Waals surface area (Å²) in [6.45, 7) is 6.98. The lowest BCUT2D eigenvalue weighted by molar-refractivity contribution is -0.122. The first-order valence-electron chi connectivity index (χ1n) is 6.35. The van der Waals surface area contributed by atoms with Crippen molar-refractivity contribution in [1.29, 1.82) is 0 Å². The normalized spacial score (nSPS) is 12.5. The number of hydrogen-bond acceptors (Lipinski definition) is 2. The second-order valence-electron chi connectivity index (χ2n) is 4.98. The highest BCUT2D eigenvalue weighted by atomic mass is 79.9. The summed E-state index contributed by atoms with van der Waals surface area (Å²) in [4.78, 5) is 11.8. The summed E-state index contributed by atoms with van der Waals surface area (Å²) in [5.74, 6) is 0.103. The number of amides is 1. The van der Waals surface area contributed by atoms with E-state index in [0.717, 1.165) is 10.0 Å². The van der Waals surface area contributed by atoms with Crippen LogP contribution in [0.15, 0.2) is 22.7 Å². The molecule has 0 aromatic heterocycles. The summed E-state index contributed by atoms with van der Waals surface area (Å²) in [6.07, 6.45) is 0. The zero-order valence-electron chi connectivity index (χ0n) is 11.5. The molecular weight excluding hydrogens is 311 g/mol. The highest BCUT2D eigenvalue weighted by Gasteiger charge is 2.12. The van der Waals surface area contributed by atoms with Crippen LogP contribution in [0.5, 0.6) is 0 Å². The molecule has 0 saturated carbocycles. The molecule has 0 heterocycles. The Morgan fingerprint density at radius 1 is 1.37 bits per heavy atom. The number of benzene rings is 1. The topological polar surface area (TPSA) is 41.1 Å². The lowest BCUT2D eigenvalue weighted by Gasteiger charge is -2.15. The van der Waals surface area contributed by atoms with Crippen LogP contribution in [0.1, 0.15) is 26.3 Å². The fourth-order valence-electron chi connectivity index (χ4n) is 1.49. The van der Waals surface area contributed by atoms with Crippen LogP contribution in [0.3, 0.4) is 0 Å². The lowest BCUT2D eigenvalue weighted by Crippen LogP contribution is -2.43. The van der Waals surface area contributed by atoms with Crippen LogP contribution in [0.2, 0.25) is 0 Å². The van der Waals surface area contributed by atoms with Gasteiger partial charge in [-0.25, -0.2) is 4.39 Å². The van der Waals surface area contributed by atoms with Crippen molar-refractivity contribution in [1.82, 2.24) is 10.6 Å². The average Bonchev–Trinajstić information content (AvgIpc) is 2.36. The molecule has 2 N–H and O–H groups in total. The molecule has 0 bridgehead atoms. The number of halogens is 2. The van der Waals surface area contributed by atoms with Crippen LogP contribution < -0.4 is 10.6 Å². The minimum Gasteiger partial charge on any atom is -0.354 e. The van der Waals surface area contributed by atoms with Gasteiger partial charge in [0.1, 0.15) is 5.82 Å². The van der Waals surface area contributed by atoms with Gasteiger partial charge in [0.15, 0.2) is 0 Å². The highest BCUT2D eigenvalue weighted by Crippen LogP contribution is 2.17. The molecule has 0 fully saturated rings. The molecule has 1 atom stereocenters. The smallest absolute Gasteiger partial charge is 0.236 e. The molecule has 1 aromatic rings. The predicted molar refractivity (Wildman–Crippen MR) is 78.2 cm³/mol. The van der Waals surface area contributed by atoms with E-state index in [-0.39, 0.29) is 17.8 Å². The Balaban J connectivity index is 2.47. The third-order valence-corrected chi connectivity index (χ3v) is 3.46. The zero-order chi connectivity index (χ0) is 14.4. The number of carbonyl (C=O) groups excluding carboxylic acids is 1. The van der Waals surface area contributed by atoms with E-state index < -0.39 is 0 Å². The van der Waals surface area contributed by atoms with E-state index in [1.807, 2.05) is 13.8 Å².